The predicted octanol–water partition coefficient (Wildman–Crippen LogP) is 10.8. The molecule has 12 heteroatoms. The number of hydrogen-bond donors (Lipinski definition) is 1. The van der Waals surface area contributed by atoms with Gasteiger partial charge in [-0.15, -0.1) is 0 Å². The number of piperidine rings is 3. The van der Waals surface area contributed by atoms with Crippen LogP contribution in [0.3, 0.4) is 0 Å². The van der Waals surface area contributed by atoms with Gasteiger partial charge < -0.3 is 48.1 Å². The first-order valence-electron chi connectivity index (χ1n) is 27.9. The second-order valence-corrected chi connectivity index (χ2v) is 24.5. The molecule has 3 saturated heterocycles. The van der Waals surface area contributed by atoms with E-state index in [-0.39, 0.29) is 54.3 Å². The molecule has 6 bridgehead atoms. The number of aryl methyl sites for hydroxylation is 2. The molecule has 3 spiro atoms. The first kappa shape index (κ1) is 51.8. The van der Waals surface area contributed by atoms with Crippen LogP contribution in [-0.4, -0.2) is 109 Å². The summed E-state index contributed by atoms with van der Waals surface area (Å²) < 4.78 is 43.9. The summed E-state index contributed by atoms with van der Waals surface area (Å²) in [4.78, 5) is 19.7. The number of carbonyl (C=O) groups excluding carboxylic acids is 1. The number of ether oxygens (including phenoxy) is 7. The van der Waals surface area contributed by atoms with E-state index in [0.717, 1.165) is 111 Å². The summed E-state index contributed by atoms with van der Waals surface area (Å²) in [7, 11) is 6.65. The number of likely N-dealkylation sites (N-methyl/N-ethyl adjacent to an activating group) is 3. The highest BCUT2D eigenvalue weighted by molar-refractivity contribution is 5.70. The third-order valence-corrected chi connectivity index (χ3v) is 20.4. The summed E-state index contributed by atoms with van der Waals surface area (Å²) in [5.41, 5.74) is 9.42. The number of nitrogens with zero attached hydrogens (tertiary/aromatic N) is 3. The Morgan fingerprint density at radius 2 is 1.05 bits per heavy atom. The molecule has 0 amide bonds. The topological polar surface area (TPSA) is 112 Å². The van der Waals surface area contributed by atoms with E-state index in [1.165, 1.54) is 45.9 Å². The van der Waals surface area contributed by atoms with Gasteiger partial charge in [-0.05, 0) is 191 Å². The van der Waals surface area contributed by atoms with Crippen LogP contribution in [0, 0.1) is 25.7 Å². The lowest BCUT2D eigenvalue weighted by Gasteiger charge is -2.62. The first-order valence-corrected chi connectivity index (χ1v) is 27.9. The van der Waals surface area contributed by atoms with Crippen molar-refractivity contribution in [1.29, 1.82) is 0 Å². The number of allylic oxidation sites excluding steroid dienone is 5. The molecule has 3 aromatic carbocycles. The molecular weight excluding hydrogens is 967 g/mol. The van der Waals surface area contributed by atoms with Crippen molar-refractivity contribution in [2.45, 2.75) is 165 Å². The molecule has 1 N–H and O–H groups in total. The number of likely N-dealkylation sites (tertiary alicyclic amines) is 3. The summed E-state index contributed by atoms with van der Waals surface area (Å²) in [6.45, 7) is 26.3. The summed E-state index contributed by atoms with van der Waals surface area (Å²) in [5.74, 6) is 8.60. The van der Waals surface area contributed by atoms with Gasteiger partial charge in [0.2, 0.25) is 0 Å². The van der Waals surface area contributed by atoms with Gasteiger partial charge in [-0.1, -0.05) is 57.5 Å². The van der Waals surface area contributed by atoms with Crippen molar-refractivity contribution in [2.75, 3.05) is 40.8 Å². The van der Waals surface area contributed by atoms with Crippen LogP contribution in [0.4, 0.5) is 0 Å². The zero-order valence-corrected chi connectivity index (χ0v) is 46.0. The van der Waals surface area contributed by atoms with Crippen molar-refractivity contribution in [3.05, 3.63) is 153 Å². The van der Waals surface area contributed by atoms with Crippen molar-refractivity contribution < 1.29 is 43.1 Å². The van der Waals surface area contributed by atoms with Crippen molar-refractivity contribution in [3.63, 3.8) is 0 Å². The quantitative estimate of drug-likeness (QED) is 0.180. The summed E-state index contributed by atoms with van der Waals surface area (Å²) in [5, 5.41) is 10.4. The van der Waals surface area contributed by atoms with Gasteiger partial charge in [0, 0.05) is 52.9 Å². The maximum absolute atomic E-state index is 12.3. The standard InChI is InChI=1S/C23H27NO4.C21H25NO2.C20H23NO3.CH4/c1-13(2)26-17-8-9-23(28-15(4)25)18-12-16-7-6-14(3)20-19(16)22(23,21(17)27-20)10-11-24(18)5;1-12(2)23-17-8-7-15-16-11-14-6-5-13(3)19-18(14)21(15,20(17)24-19)9-10-22(16)4;1-11(2)23-16-7-5-13-14-10-12-4-6-15(22)18-17(12)20(13,19(16)24-18)8-9-21(14)3;/h6-8,18,21H,1,9-12H2,2-5H3;5-6,8,15-16,20H,1,7,9-11H2,2-4H3;4,6-7,13-14,19,22H,1,5,8-10H2,2-3H3;1H4. The third kappa shape index (κ3) is 7.01. The van der Waals surface area contributed by atoms with E-state index in [1.54, 1.807) is 6.07 Å². The number of rotatable bonds is 7. The molecule has 77 heavy (non-hydrogen) atoms. The number of phenols is 1. The van der Waals surface area contributed by atoms with Crippen LogP contribution >= 0.6 is 0 Å². The Balaban J connectivity index is 0.000000116. The lowest BCUT2D eigenvalue weighted by Crippen LogP contribution is -2.75. The van der Waals surface area contributed by atoms with Gasteiger partial charge in [0.1, 0.15) is 34.4 Å². The molecule has 12 unspecified atom stereocenters. The largest absolute Gasteiger partial charge is 0.504 e. The molecule has 408 valence electrons. The van der Waals surface area contributed by atoms with E-state index < -0.39 is 11.0 Å². The van der Waals surface area contributed by atoms with Gasteiger partial charge >= 0.3 is 5.97 Å². The molecular formula is C65H79N3O9. The molecule has 0 radical (unpaired) electrons. The van der Waals surface area contributed by atoms with E-state index in [9.17, 15) is 9.90 Å². The van der Waals surface area contributed by atoms with Crippen LogP contribution in [0.15, 0.2) is 109 Å². The maximum atomic E-state index is 12.3. The van der Waals surface area contributed by atoms with Crippen molar-refractivity contribution in [2.24, 2.45) is 11.8 Å². The van der Waals surface area contributed by atoms with E-state index in [4.69, 9.17) is 33.2 Å². The number of esters is 1. The summed E-state index contributed by atoms with van der Waals surface area (Å²) in [6.07, 6.45) is 14.8. The fraction of sp³-hybridized carbons (Fsp3) is 0.523. The summed E-state index contributed by atoms with van der Waals surface area (Å²) in [6, 6.07) is 14.0. The van der Waals surface area contributed by atoms with Crippen LogP contribution in [0.25, 0.3) is 0 Å². The van der Waals surface area contributed by atoms with E-state index in [2.05, 4.69) is 118 Å². The maximum Gasteiger partial charge on any atom is 0.303 e. The van der Waals surface area contributed by atoms with E-state index >= 15 is 0 Å². The molecule has 3 aromatic rings. The van der Waals surface area contributed by atoms with Gasteiger partial charge in [-0.2, -0.15) is 0 Å². The monoisotopic (exact) mass is 1050 g/mol. The van der Waals surface area contributed by atoms with Gasteiger partial charge in [0.15, 0.2) is 29.8 Å². The average molecular weight is 1050 g/mol. The van der Waals surface area contributed by atoms with E-state index in [0.29, 0.717) is 47.6 Å². The van der Waals surface area contributed by atoms with Crippen LogP contribution in [0.1, 0.15) is 118 Å². The molecule has 15 rings (SSSR count). The molecule has 12 atom stereocenters. The number of aromatic hydroxyl groups is 1. The van der Waals surface area contributed by atoms with Gasteiger partial charge in [-0.3, -0.25) is 9.69 Å². The molecule has 6 aliphatic carbocycles. The smallest absolute Gasteiger partial charge is 0.303 e. The highest BCUT2D eigenvalue weighted by Crippen LogP contribution is 2.68. The molecule has 12 aliphatic rings. The number of benzene rings is 3. The molecule has 12 nitrogen and oxygen atoms in total. The van der Waals surface area contributed by atoms with Gasteiger partial charge in [0.25, 0.3) is 0 Å². The first-order chi connectivity index (χ1) is 36.3. The van der Waals surface area contributed by atoms with Crippen LogP contribution in [0.5, 0.6) is 23.0 Å². The minimum Gasteiger partial charge on any atom is -0.504 e. The Hall–Kier alpha value is -5.95. The molecule has 3 fully saturated rings. The molecule has 0 aromatic heterocycles. The Bertz CT molecular complexity index is 3020. The molecule has 6 heterocycles. The van der Waals surface area contributed by atoms with Crippen LogP contribution in [0.2, 0.25) is 0 Å². The third-order valence-electron chi connectivity index (χ3n) is 20.4. The zero-order chi connectivity index (χ0) is 53.1. The lowest BCUT2D eigenvalue weighted by molar-refractivity contribution is -0.203. The normalized spacial score (nSPS) is 34.9. The second-order valence-electron chi connectivity index (χ2n) is 24.5. The summed E-state index contributed by atoms with van der Waals surface area (Å²) >= 11 is 0. The second kappa shape index (κ2) is 18.0. The van der Waals surface area contributed by atoms with Crippen LogP contribution < -0.4 is 14.2 Å². The number of carbonyl (C=O) groups is 1. The Morgan fingerprint density at radius 1 is 0.597 bits per heavy atom. The predicted molar refractivity (Wildman–Crippen MR) is 297 cm³/mol. The minimum atomic E-state index is -0.648. The molecule has 0 saturated carbocycles. The fourth-order valence-corrected chi connectivity index (χ4v) is 17.6. The average Bonchev–Trinajstić information content (AvgIpc) is 4.29. The number of phenolic OH excluding ortho intramolecular Hbond substituents is 1. The van der Waals surface area contributed by atoms with Gasteiger partial charge in [-0.25, -0.2) is 0 Å². The Labute approximate surface area is 456 Å². The Kier molecular flexibility index (Phi) is 12.1. The van der Waals surface area contributed by atoms with Crippen LogP contribution in [-0.2, 0) is 59.2 Å². The lowest BCUT2D eigenvalue weighted by atomic mass is 9.50. The fourth-order valence-electron chi connectivity index (χ4n) is 17.6. The van der Waals surface area contributed by atoms with Gasteiger partial charge in [0.05, 0.1) is 28.7 Å². The highest BCUT2D eigenvalue weighted by Gasteiger charge is 2.74. The highest BCUT2D eigenvalue weighted by atomic mass is 16.6. The zero-order valence-electron chi connectivity index (χ0n) is 46.0. The van der Waals surface area contributed by atoms with Crippen molar-refractivity contribution >= 4 is 5.97 Å². The van der Waals surface area contributed by atoms with E-state index in [1.807, 2.05) is 20.8 Å². The van der Waals surface area contributed by atoms with Crippen molar-refractivity contribution in [3.8, 4) is 23.0 Å². The minimum absolute atomic E-state index is 0. The SMILES string of the molecule is C.C=C(C)OC1=CCC2(OC(C)=O)C3Cc4ccc(C)c5c4C2(CCN3C)C1O5.C=C(C)OC1=CCC2C3Cc4ccc(C)c5c4C2(CCN3C)C1O5.C=C(C)OC1=CCC2C3Cc4ccc(O)c5c4C2(CCN3C)C1O5. The number of hydrogen-bond acceptors (Lipinski definition) is 12. The Morgan fingerprint density at radius 3 is 1.58 bits per heavy atom. The molecule has 6 aliphatic heterocycles. The van der Waals surface area contributed by atoms with Crippen molar-refractivity contribution in [1.82, 2.24) is 14.7 Å².